The molecule has 0 unspecified atom stereocenters. The smallest absolute Gasteiger partial charge is 0.256 e. The van der Waals surface area contributed by atoms with Crippen molar-refractivity contribution in [2.45, 2.75) is 13.2 Å². The number of aromatic nitrogens is 2. The first kappa shape index (κ1) is 21.0. The minimum Gasteiger partial charge on any atom is -0.489 e. The molecule has 156 valence electrons. The van der Waals surface area contributed by atoms with Crippen molar-refractivity contribution in [1.82, 2.24) is 9.78 Å². The van der Waals surface area contributed by atoms with E-state index in [-0.39, 0.29) is 5.91 Å². The van der Waals surface area contributed by atoms with Crippen LogP contribution >= 0.6 is 23.2 Å². The minimum absolute atomic E-state index is 0.243. The van der Waals surface area contributed by atoms with Gasteiger partial charge in [0.25, 0.3) is 5.91 Å². The summed E-state index contributed by atoms with van der Waals surface area (Å²) < 4.78 is 7.48. The Kier molecular flexibility index (Phi) is 6.55. The summed E-state index contributed by atoms with van der Waals surface area (Å²) in [7, 11) is 0. The summed E-state index contributed by atoms with van der Waals surface area (Å²) in [4.78, 5) is 12.7. The monoisotopic (exact) mass is 451 g/mol. The zero-order valence-electron chi connectivity index (χ0n) is 16.5. The number of amides is 1. The lowest BCUT2D eigenvalue weighted by atomic mass is 10.1. The van der Waals surface area contributed by atoms with Gasteiger partial charge in [-0.15, -0.1) is 0 Å². The van der Waals surface area contributed by atoms with Crippen LogP contribution in [-0.2, 0) is 13.2 Å². The number of rotatable bonds is 7. The molecule has 31 heavy (non-hydrogen) atoms. The average Bonchev–Trinajstić information content (AvgIpc) is 3.21. The Balaban J connectivity index is 1.38. The lowest BCUT2D eigenvalue weighted by Crippen LogP contribution is -2.13. The number of nitrogens with zero attached hydrogens (tertiary/aromatic N) is 2. The fourth-order valence-electron chi connectivity index (χ4n) is 3.03. The van der Waals surface area contributed by atoms with Crippen LogP contribution in [0.1, 0.15) is 21.5 Å². The Morgan fingerprint density at radius 3 is 2.65 bits per heavy atom. The van der Waals surface area contributed by atoms with Gasteiger partial charge in [0.2, 0.25) is 0 Å². The van der Waals surface area contributed by atoms with Gasteiger partial charge in [0, 0.05) is 27.9 Å². The van der Waals surface area contributed by atoms with E-state index in [2.05, 4.69) is 10.4 Å². The maximum atomic E-state index is 12.7. The molecule has 4 aromatic rings. The highest BCUT2D eigenvalue weighted by molar-refractivity contribution is 6.31. The van der Waals surface area contributed by atoms with Crippen LogP contribution < -0.4 is 10.1 Å². The molecule has 0 bridgehead atoms. The molecule has 1 heterocycles. The van der Waals surface area contributed by atoms with E-state index in [1.54, 1.807) is 41.2 Å². The Morgan fingerprint density at radius 1 is 0.968 bits per heavy atom. The lowest BCUT2D eigenvalue weighted by Gasteiger charge is -2.08. The van der Waals surface area contributed by atoms with E-state index in [4.69, 9.17) is 27.9 Å². The Morgan fingerprint density at radius 2 is 1.81 bits per heavy atom. The highest BCUT2D eigenvalue weighted by atomic mass is 35.5. The molecule has 3 aromatic carbocycles. The van der Waals surface area contributed by atoms with Gasteiger partial charge in [-0.05, 0) is 47.5 Å². The third kappa shape index (κ3) is 5.66. The number of benzene rings is 3. The van der Waals surface area contributed by atoms with E-state index < -0.39 is 0 Å². The normalized spacial score (nSPS) is 10.6. The molecule has 0 saturated carbocycles. The molecule has 7 heteroatoms. The van der Waals surface area contributed by atoms with E-state index in [0.29, 0.717) is 40.3 Å². The summed E-state index contributed by atoms with van der Waals surface area (Å²) in [6.45, 7) is 0.847. The van der Waals surface area contributed by atoms with E-state index in [1.807, 2.05) is 48.5 Å². The zero-order valence-corrected chi connectivity index (χ0v) is 18.0. The molecule has 0 saturated heterocycles. The molecule has 0 atom stereocenters. The quantitative estimate of drug-likeness (QED) is 0.370. The maximum absolute atomic E-state index is 12.7. The molecule has 5 nitrogen and oxygen atoms in total. The van der Waals surface area contributed by atoms with E-state index >= 15 is 0 Å². The summed E-state index contributed by atoms with van der Waals surface area (Å²) in [5.74, 6) is 0.900. The Hall–Kier alpha value is -3.28. The van der Waals surface area contributed by atoms with Gasteiger partial charge in [0.15, 0.2) is 5.82 Å². The molecule has 1 N–H and O–H groups in total. The molecular weight excluding hydrogens is 433 g/mol. The van der Waals surface area contributed by atoms with Crippen LogP contribution in [0.3, 0.4) is 0 Å². The van der Waals surface area contributed by atoms with Gasteiger partial charge in [0.1, 0.15) is 12.4 Å². The summed E-state index contributed by atoms with van der Waals surface area (Å²) in [6, 6.07) is 23.8. The van der Waals surface area contributed by atoms with Crippen LogP contribution in [0.25, 0.3) is 0 Å². The first-order valence-corrected chi connectivity index (χ1v) is 10.4. The van der Waals surface area contributed by atoms with E-state index in [9.17, 15) is 4.79 Å². The molecule has 0 spiro atoms. The van der Waals surface area contributed by atoms with Crippen LogP contribution in [0.4, 0.5) is 5.82 Å². The van der Waals surface area contributed by atoms with Crippen molar-refractivity contribution in [2.24, 2.45) is 0 Å². The van der Waals surface area contributed by atoms with Crippen molar-refractivity contribution >= 4 is 34.9 Å². The van der Waals surface area contributed by atoms with Gasteiger partial charge in [0.05, 0.1) is 6.54 Å². The minimum atomic E-state index is -0.243. The van der Waals surface area contributed by atoms with Crippen molar-refractivity contribution in [3.05, 3.63) is 112 Å². The summed E-state index contributed by atoms with van der Waals surface area (Å²) >= 11 is 12.2. The maximum Gasteiger partial charge on any atom is 0.256 e. The first-order valence-electron chi connectivity index (χ1n) is 9.62. The number of hydrogen-bond donors (Lipinski definition) is 1. The second-order valence-corrected chi connectivity index (χ2v) is 7.73. The van der Waals surface area contributed by atoms with Crippen molar-refractivity contribution in [1.29, 1.82) is 0 Å². The van der Waals surface area contributed by atoms with Crippen molar-refractivity contribution in [3.8, 4) is 5.75 Å². The van der Waals surface area contributed by atoms with Gasteiger partial charge in [-0.2, -0.15) is 5.10 Å². The Labute approximate surface area is 190 Å². The molecule has 0 radical (unpaired) electrons. The molecule has 1 amide bonds. The lowest BCUT2D eigenvalue weighted by molar-refractivity contribution is 0.102. The first-order chi connectivity index (χ1) is 15.1. The van der Waals surface area contributed by atoms with E-state index in [0.717, 1.165) is 11.1 Å². The number of halogens is 2. The van der Waals surface area contributed by atoms with Gasteiger partial charge >= 0.3 is 0 Å². The van der Waals surface area contributed by atoms with Crippen LogP contribution in [0.5, 0.6) is 5.75 Å². The molecule has 0 aliphatic heterocycles. The molecule has 4 rings (SSSR count). The Bertz CT molecular complexity index is 1210. The summed E-state index contributed by atoms with van der Waals surface area (Å²) in [5.41, 5.74) is 2.35. The predicted molar refractivity (Wildman–Crippen MR) is 123 cm³/mol. The van der Waals surface area contributed by atoms with Gasteiger partial charge in [-0.25, -0.2) is 0 Å². The zero-order chi connectivity index (χ0) is 21.6. The fourth-order valence-corrected chi connectivity index (χ4v) is 3.41. The molecular formula is C24H19Cl2N3O2. The summed E-state index contributed by atoms with van der Waals surface area (Å²) in [5, 5.41) is 8.52. The topological polar surface area (TPSA) is 56.2 Å². The van der Waals surface area contributed by atoms with E-state index in [1.165, 1.54) is 0 Å². The number of hydrogen-bond acceptors (Lipinski definition) is 3. The largest absolute Gasteiger partial charge is 0.489 e. The number of ether oxygens (including phenoxy) is 1. The van der Waals surface area contributed by atoms with Crippen LogP contribution in [-0.4, -0.2) is 15.7 Å². The van der Waals surface area contributed by atoms with Crippen LogP contribution in [0.15, 0.2) is 85.1 Å². The third-order valence-electron chi connectivity index (χ3n) is 4.56. The molecule has 1 aromatic heterocycles. The highest BCUT2D eigenvalue weighted by Gasteiger charge is 2.10. The second kappa shape index (κ2) is 9.69. The number of nitrogens with one attached hydrogen (secondary N) is 1. The predicted octanol–water partition coefficient (Wildman–Crippen LogP) is 6.07. The third-order valence-corrected chi connectivity index (χ3v) is 5.17. The van der Waals surface area contributed by atoms with Gasteiger partial charge in [-0.3, -0.25) is 9.48 Å². The number of anilines is 1. The SMILES string of the molecule is O=C(Nc1ccn(Cc2ccccc2Cl)n1)c1cccc(COc2cccc(Cl)c2)c1. The van der Waals surface area contributed by atoms with Gasteiger partial charge < -0.3 is 10.1 Å². The van der Waals surface area contributed by atoms with Crippen molar-refractivity contribution in [2.75, 3.05) is 5.32 Å². The van der Waals surface area contributed by atoms with Crippen LogP contribution in [0.2, 0.25) is 10.0 Å². The van der Waals surface area contributed by atoms with Crippen LogP contribution in [0, 0.1) is 0 Å². The number of carbonyl (C=O) groups excluding carboxylic acids is 1. The average molecular weight is 452 g/mol. The molecule has 0 aliphatic carbocycles. The summed E-state index contributed by atoms with van der Waals surface area (Å²) in [6.07, 6.45) is 1.80. The fraction of sp³-hybridized carbons (Fsp3) is 0.0833. The van der Waals surface area contributed by atoms with Crippen molar-refractivity contribution < 1.29 is 9.53 Å². The molecule has 0 fully saturated rings. The second-order valence-electron chi connectivity index (χ2n) is 6.89. The van der Waals surface area contributed by atoms with Gasteiger partial charge in [-0.1, -0.05) is 59.6 Å². The van der Waals surface area contributed by atoms with Crippen molar-refractivity contribution in [3.63, 3.8) is 0 Å². The molecule has 0 aliphatic rings. The number of carbonyl (C=O) groups is 1. The highest BCUT2D eigenvalue weighted by Crippen LogP contribution is 2.19. The standard InChI is InChI=1S/C24H19Cl2N3O2/c25-20-8-4-9-21(14-20)31-16-17-5-3-7-18(13-17)24(30)27-23-11-12-29(28-23)15-19-6-1-2-10-22(19)26/h1-14H,15-16H2,(H,27,28,30).